The second-order valence-electron chi connectivity index (χ2n) is 6.23. The molecular formula is C16H26N2O. The van der Waals surface area contributed by atoms with Crippen LogP contribution in [0.5, 0.6) is 0 Å². The molecule has 3 nitrogen and oxygen atoms in total. The number of aliphatic hydroxyl groups excluding tert-OH is 1. The van der Waals surface area contributed by atoms with E-state index < -0.39 is 0 Å². The lowest BCUT2D eigenvalue weighted by Crippen LogP contribution is -2.53. The second kappa shape index (κ2) is 5.41. The van der Waals surface area contributed by atoms with Gasteiger partial charge in [-0.15, -0.1) is 0 Å². The van der Waals surface area contributed by atoms with Crippen LogP contribution in [0.2, 0.25) is 0 Å². The first kappa shape index (κ1) is 14.2. The van der Waals surface area contributed by atoms with E-state index in [4.69, 9.17) is 10.8 Å². The Morgan fingerprint density at radius 1 is 1.37 bits per heavy atom. The summed E-state index contributed by atoms with van der Waals surface area (Å²) in [6.07, 6.45) is 2.98. The highest BCUT2D eigenvalue weighted by Crippen LogP contribution is 2.40. The van der Waals surface area contributed by atoms with Gasteiger partial charge in [0.25, 0.3) is 0 Å². The highest BCUT2D eigenvalue weighted by atomic mass is 16.2. The van der Waals surface area contributed by atoms with Gasteiger partial charge in [0.05, 0.1) is 0 Å². The number of nitrogens with zero attached hydrogens (tertiary/aromatic N) is 1. The number of nitrogens with two attached hydrogens (primary N) is 1. The molecule has 3 N–H and O–H groups in total. The molecular weight excluding hydrogens is 236 g/mol. The van der Waals surface area contributed by atoms with Gasteiger partial charge in [-0.1, -0.05) is 6.92 Å². The van der Waals surface area contributed by atoms with Gasteiger partial charge in [0, 0.05) is 30.1 Å². The largest absolute Gasteiger partial charge is 0.399 e. The quantitative estimate of drug-likeness (QED) is 0.648. The Bertz CT molecular complexity index is 442. The molecule has 0 radical (unpaired) electrons. The number of rotatable bonds is 4. The van der Waals surface area contributed by atoms with Crippen LogP contribution >= 0.6 is 0 Å². The number of unbranched alkanes of at least 4 members (excludes halogenated alkanes) is 1. The van der Waals surface area contributed by atoms with Crippen LogP contribution in [0, 0.1) is 5.92 Å². The molecule has 0 saturated heterocycles. The highest BCUT2D eigenvalue weighted by Gasteiger charge is 2.37. The van der Waals surface area contributed by atoms with E-state index in [0.29, 0.717) is 5.92 Å². The summed E-state index contributed by atoms with van der Waals surface area (Å²) in [6, 6.07) is 6.25. The Labute approximate surface area is 116 Å². The topological polar surface area (TPSA) is 49.5 Å². The summed E-state index contributed by atoms with van der Waals surface area (Å²) in [7, 11) is 0. The Balaban J connectivity index is 2.31. The average Bonchev–Trinajstić information content (AvgIpc) is 2.34. The predicted octanol–water partition coefficient (Wildman–Crippen LogP) is 2.82. The van der Waals surface area contributed by atoms with Crippen LogP contribution in [-0.2, 0) is 6.42 Å². The highest BCUT2D eigenvalue weighted by molar-refractivity contribution is 5.63. The molecule has 0 aromatic heterocycles. The van der Waals surface area contributed by atoms with E-state index in [0.717, 1.165) is 31.5 Å². The molecule has 1 aromatic carbocycles. The summed E-state index contributed by atoms with van der Waals surface area (Å²) in [5, 5.41) is 8.97. The Morgan fingerprint density at radius 3 is 2.79 bits per heavy atom. The molecule has 106 valence electrons. The fourth-order valence-corrected chi connectivity index (χ4v) is 2.98. The maximum Gasteiger partial charge on any atom is 0.0431 e. The van der Waals surface area contributed by atoms with Gasteiger partial charge in [-0.25, -0.2) is 0 Å². The van der Waals surface area contributed by atoms with Crippen molar-refractivity contribution in [2.45, 2.75) is 45.6 Å². The summed E-state index contributed by atoms with van der Waals surface area (Å²) in [5.41, 5.74) is 9.58. The van der Waals surface area contributed by atoms with Gasteiger partial charge in [0.15, 0.2) is 0 Å². The van der Waals surface area contributed by atoms with E-state index in [1.165, 1.54) is 11.3 Å². The number of hydrogen-bond donors (Lipinski definition) is 2. The fourth-order valence-electron chi connectivity index (χ4n) is 2.98. The van der Waals surface area contributed by atoms with Crippen molar-refractivity contribution in [2.24, 2.45) is 5.92 Å². The van der Waals surface area contributed by atoms with E-state index >= 15 is 0 Å². The molecule has 0 fully saturated rings. The maximum atomic E-state index is 8.97. The van der Waals surface area contributed by atoms with Crippen LogP contribution in [0.25, 0.3) is 0 Å². The summed E-state index contributed by atoms with van der Waals surface area (Å²) >= 11 is 0. The smallest absolute Gasteiger partial charge is 0.0431 e. The minimum absolute atomic E-state index is 0.151. The summed E-state index contributed by atoms with van der Waals surface area (Å²) < 4.78 is 0. The molecule has 1 aliphatic heterocycles. The first-order valence-corrected chi connectivity index (χ1v) is 7.23. The molecule has 1 heterocycles. The molecule has 0 amide bonds. The van der Waals surface area contributed by atoms with Crippen molar-refractivity contribution in [3.63, 3.8) is 0 Å². The van der Waals surface area contributed by atoms with E-state index in [2.05, 4.69) is 37.8 Å². The van der Waals surface area contributed by atoms with Crippen molar-refractivity contribution in [3.05, 3.63) is 23.8 Å². The van der Waals surface area contributed by atoms with Crippen LogP contribution in [0.4, 0.5) is 11.4 Å². The van der Waals surface area contributed by atoms with E-state index in [1.54, 1.807) is 0 Å². The van der Waals surface area contributed by atoms with E-state index in [-0.39, 0.29) is 12.1 Å². The lowest BCUT2D eigenvalue weighted by Gasteiger charge is -2.49. The van der Waals surface area contributed by atoms with Crippen LogP contribution < -0.4 is 10.6 Å². The molecule has 0 aliphatic carbocycles. The van der Waals surface area contributed by atoms with Gasteiger partial charge in [-0.05, 0) is 62.8 Å². The van der Waals surface area contributed by atoms with Crippen molar-refractivity contribution >= 4 is 11.4 Å². The molecule has 1 aromatic rings. The monoisotopic (exact) mass is 262 g/mol. The van der Waals surface area contributed by atoms with Crippen LogP contribution in [-0.4, -0.2) is 23.8 Å². The summed E-state index contributed by atoms with van der Waals surface area (Å²) in [6.45, 7) is 8.21. The number of anilines is 2. The minimum atomic E-state index is 0.151. The molecule has 19 heavy (non-hydrogen) atoms. The third kappa shape index (κ3) is 2.71. The molecule has 2 rings (SSSR count). The molecule has 0 spiro atoms. The molecule has 3 heteroatoms. The number of benzene rings is 1. The second-order valence-corrected chi connectivity index (χ2v) is 6.23. The van der Waals surface area contributed by atoms with E-state index in [1.807, 2.05) is 6.07 Å². The standard InChI is InChI=1S/C16H26N2O/c1-12-10-13-11-14(17)6-7-15(13)18(16(12,2)3)8-4-5-9-19/h6-7,11-12,19H,4-5,8-10,17H2,1-3H3. The molecule has 1 atom stereocenters. The zero-order valence-electron chi connectivity index (χ0n) is 12.3. The van der Waals surface area contributed by atoms with Crippen LogP contribution in [0.15, 0.2) is 18.2 Å². The molecule has 1 aliphatic rings. The molecule has 0 bridgehead atoms. The third-order valence-electron chi connectivity index (χ3n) is 4.61. The van der Waals surface area contributed by atoms with Gasteiger partial charge in [0.1, 0.15) is 0 Å². The Hall–Kier alpha value is -1.22. The fraction of sp³-hybridized carbons (Fsp3) is 0.625. The normalized spacial score (nSPS) is 21.3. The van der Waals surface area contributed by atoms with Gasteiger partial charge in [-0.3, -0.25) is 0 Å². The van der Waals surface area contributed by atoms with Gasteiger partial charge in [-0.2, -0.15) is 0 Å². The van der Waals surface area contributed by atoms with Crippen molar-refractivity contribution in [1.29, 1.82) is 0 Å². The Morgan fingerprint density at radius 2 is 2.11 bits per heavy atom. The van der Waals surface area contributed by atoms with Crippen LogP contribution in [0.3, 0.4) is 0 Å². The maximum absolute atomic E-state index is 8.97. The van der Waals surface area contributed by atoms with Crippen molar-refractivity contribution in [3.8, 4) is 0 Å². The SMILES string of the molecule is CC1Cc2cc(N)ccc2N(CCCCO)C1(C)C. The van der Waals surface area contributed by atoms with Crippen LogP contribution in [0.1, 0.15) is 39.2 Å². The number of fused-ring (bicyclic) bond motifs is 1. The zero-order chi connectivity index (χ0) is 14.0. The van der Waals surface area contributed by atoms with Crippen molar-refractivity contribution in [2.75, 3.05) is 23.8 Å². The van der Waals surface area contributed by atoms with Crippen molar-refractivity contribution < 1.29 is 5.11 Å². The van der Waals surface area contributed by atoms with Gasteiger partial charge >= 0.3 is 0 Å². The lowest BCUT2D eigenvalue weighted by molar-refractivity contribution is 0.272. The predicted molar refractivity (Wildman–Crippen MR) is 81.5 cm³/mol. The van der Waals surface area contributed by atoms with E-state index in [9.17, 15) is 0 Å². The first-order valence-electron chi connectivity index (χ1n) is 7.23. The minimum Gasteiger partial charge on any atom is -0.399 e. The van der Waals surface area contributed by atoms with Gasteiger partial charge in [0.2, 0.25) is 0 Å². The average molecular weight is 262 g/mol. The summed E-state index contributed by atoms with van der Waals surface area (Å²) in [4.78, 5) is 2.49. The summed E-state index contributed by atoms with van der Waals surface area (Å²) in [5.74, 6) is 0.593. The lowest BCUT2D eigenvalue weighted by atomic mass is 9.78. The number of nitrogen functional groups attached to an aromatic ring is 1. The molecule has 1 unspecified atom stereocenters. The van der Waals surface area contributed by atoms with Gasteiger partial charge < -0.3 is 15.7 Å². The molecule has 0 saturated carbocycles. The van der Waals surface area contributed by atoms with Crippen molar-refractivity contribution in [1.82, 2.24) is 0 Å². The number of aliphatic hydroxyl groups is 1. The zero-order valence-corrected chi connectivity index (χ0v) is 12.3. The Kier molecular flexibility index (Phi) is 4.04. The third-order valence-corrected chi connectivity index (χ3v) is 4.61. The number of hydrogen-bond acceptors (Lipinski definition) is 3. The first-order chi connectivity index (χ1) is 8.96.